The maximum Gasteiger partial charge on any atom is 0.266 e. The van der Waals surface area contributed by atoms with E-state index in [1.54, 1.807) is 0 Å². The Morgan fingerprint density at radius 1 is 1.40 bits per heavy atom. The Labute approximate surface area is 139 Å². The molecule has 0 aromatic heterocycles. The lowest BCUT2D eigenvalue weighted by Crippen LogP contribution is -2.27. The van der Waals surface area contributed by atoms with Crippen molar-refractivity contribution in [1.29, 1.82) is 0 Å². The Hall–Kier alpha value is -0.930. The van der Waals surface area contributed by atoms with Crippen molar-refractivity contribution in [2.45, 2.75) is 6.92 Å². The lowest BCUT2D eigenvalue weighted by atomic mass is 10.1. The van der Waals surface area contributed by atoms with E-state index in [2.05, 4.69) is 27.9 Å². The molecule has 2 aliphatic heterocycles. The van der Waals surface area contributed by atoms with Crippen LogP contribution in [0.3, 0.4) is 0 Å². The van der Waals surface area contributed by atoms with Gasteiger partial charge in [-0.05, 0) is 47.7 Å². The zero-order valence-corrected chi connectivity index (χ0v) is 14.2. The smallest absolute Gasteiger partial charge is 0.266 e. The van der Waals surface area contributed by atoms with Crippen LogP contribution < -0.4 is 5.32 Å². The molecule has 102 valence electrons. The lowest BCUT2D eigenvalue weighted by Gasteiger charge is -2.09. The van der Waals surface area contributed by atoms with E-state index in [1.807, 2.05) is 25.1 Å². The number of likely N-dealkylation sites (N-methyl/N-ethyl adjacent to an activating group) is 1. The summed E-state index contributed by atoms with van der Waals surface area (Å²) < 4.78 is 1.52. The largest absolute Gasteiger partial charge is 0.321 e. The number of nitrogens with zero attached hydrogens (tertiary/aromatic N) is 1. The first-order valence-corrected chi connectivity index (χ1v) is 8.22. The van der Waals surface area contributed by atoms with Crippen molar-refractivity contribution in [2.75, 3.05) is 11.9 Å². The maximum absolute atomic E-state index is 12.4. The van der Waals surface area contributed by atoms with Gasteiger partial charge in [0.2, 0.25) is 0 Å². The number of amides is 2. The summed E-state index contributed by atoms with van der Waals surface area (Å²) in [5.41, 5.74) is 1.96. The molecule has 2 amide bonds. The third-order valence-electron chi connectivity index (χ3n) is 3.12. The van der Waals surface area contributed by atoms with E-state index in [9.17, 15) is 9.59 Å². The van der Waals surface area contributed by atoms with E-state index >= 15 is 0 Å². The standard InChI is InChI=1S/C13H9IN2O2S2/c1-2-16-12(18)10(20-13(16)19)9-7-5-6(14)3-4-8(7)15-11(9)17/h3-5H,2H2,1H3,(H,15,17)/b10-9-. The highest BCUT2D eigenvalue weighted by Crippen LogP contribution is 2.42. The predicted molar refractivity (Wildman–Crippen MR) is 92.3 cm³/mol. The summed E-state index contributed by atoms with van der Waals surface area (Å²) in [4.78, 5) is 26.5. The third-order valence-corrected chi connectivity index (χ3v) is 5.24. The number of hydrogen-bond acceptors (Lipinski definition) is 4. The second-order valence-corrected chi connectivity index (χ2v) is 7.16. The molecule has 1 fully saturated rings. The highest BCUT2D eigenvalue weighted by Gasteiger charge is 2.38. The van der Waals surface area contributed by atoms with Crippen LogP contribution in [0.25, 0.3) is 5.57 Å². The fourth-order valence-corrected chi connectivity index (χ4v) is 4.14. The van der Waals surface area contributed by atoms with Gasteiger partial charge in [-0.1, -0.05) is 24.0 Å². The minimum atomic E-state index is -0.237. The highest BCUT2D eigenvalue weighted by molar-refractivity contribution is 14.1. The molecule has 4 nitrogen and oxygen atoms in total. The van der Waals surface area contributed by atoms with Crippen LogP contribution in [-0.2, 0) is 9.59 Å². The SMILES string of the molecule is CCN1C(=O)/C(=C2/C(=O)Nc3ccc(I)cc32)SC1=S. The topological polar surface area (TPSA) is 49.4 Å². The van der Waals surface area contributed by atoms with Crippen molar-refractivity contribution in [3.05, 3.63) is 32.2 Å². The van der Waals surface area contributed by atoms with Gasteiger partial charge >= 0.3 is 0 Å². The minimum Gasteiger partial charge on any atom is -0.321 e. The van der Waals surface area contributed by atoms with Crippen molar-refractivity contribution in [1.82, 2.24) is 4.90 Å². The number of thiocarbonyl (C=S) groups is 1. The molecule has 0 atom stereocenters. The number of halogens is 1. The summed E-state index contributed by atoms with van der Waals surface area (Å²) in [6, 6.07) is 5.67. The van der Waals surface area contributed by atoms with Crippen molar-refractivity contribution in [2.24, 2.45) is 0 Å². The Bertz CT molecular complexity index is 700. The molecule has 20 heavy (non-hydrogen) atoms. The number of fused-ring (bicyclic) bond motifs is 1. The van der Waals surface area contributed by atoms with E-state index in [0.717, 1.165) is 14.8 Å². The van der Waals surface area contributed by atoms with Crippen LogP contribution in [0.5, 0.6) is 0 Å². The highest BCUT2D eigenvalue weighted by atomic mass is 127. The van der Waals surface area contributed by atoms with Crippen LogP contribution in [0.2, 0.25) is 0 Å². The van der Waals surface area contributed by atoms with E-state index in [-0.39, 0.29) is 11.8 Å². The number of nitrogens with one attached hydrogen (secondary N) is 1. The Balaban J connectivity index is 2.18. The first-order valence-electron chi connectivity index (χ1n) is 5.92. The van der Waals surface area contributed by atoms with Gasteiger partial charge in [0, 0.05) is 21.4 Å². The molecule has 1 aromatic carbocycles. The fraction of sp³-hybridized carbons (Fsp3) is 0.154. The van der Waals surface area contributed by atoms with E-state index in [0.29, 0.717) is 21.3 Å². The number of rotatable bonds is 1. The van der Waals surface area contributed by atoms with Gasteiger partial charge in [0.15, 0.2) is 0 Å². The van der Waals surface area contributed by atoms with Gasteiger partial charge in [-0.2, -0.15) is 0 Å². The summed E-state index contributed by atoms with van der Waals surface area (Å²) in [5, 5.41) is 2.79. The van der Waals surface area contributed by atoms with Gasteiger partial charge in [0.1, 0.15) is 4.32 Å². The number of anilines is 1. The molecule has 2 heterocycles. The Kier molecular flexibility index (Phi) is 3.59. The average Bonchev–Trinajstić information content (AvgIpc) is 2.85. The van der Waals surface area contributed by atoms with E-state index in [1.165, 1.54) is 16.7 Å². The number of hydrogen-bond donors (Lipinski definition) is 1. The predicted octanol–water partition coefficient (Wildman–Crippen LogP) is 2.83. The zero-order valence-electron chi connectivity index (χ0n) is 10.4. The molecule has 0 radical (unpaired) electrons. The van der Waals surface area contributed by atoms with Crippen LogP contribution >= 0.6 is 46.6 Å². The zero-order chi connectivity index (χ0) is 14.4. The molecule has 1 N–H and O–H groups in total. The number of benzene rings is 1. The van der Waals surface area contributed by atoms with Gasteiger partial charge in [-0.15, -0.1) is 0 Å². The van der Waals surface area contributed by atoms with Crippen LogP contribution in [0.4, 0.5) is 5.69 Å². The molecule has 1 saturated heterocycles. The van der Waals surface area contributed by atoms with Crippen LogP contribution in [-0.4, -0.2) is 27.6 Å². The molecule has 3 rings (SSSR count). The second-order valence-electron chi connectivity index (χ2n) is 4.27. The fourth-order valence-electron chi connectivity index (χ4n) is 2.19. The summed E-state index contributed by atoms with van der Waals surface area (Å²) >= 11 is 8.58. The average molecular weight is 416 g/mol. The van der Waals surface area contributed by atoms with Gasteiger partial charge in [0.05, 0.1) is 10.5 Å². The van der Waals surface area contributed by atoms with Gasteiger partial charge in [-0.3, -0.25) is 14.5 Å². The van der Waals surface area contributed by atoms with Crippen molar-refractivity contribution in [3.63, 3.8) is 0 Å². The monoisotopic (exact) mass is 416 g/mol. The normalized spacial score (nSPS) is 21.5. The molecule has 0 spiro atoms. The molecule has 1 aromatic rings. The van der Waals surface area contributed by atoms with Gasteiger partial charge in [0.25, 0.3) is 11.8 Å². The lowest BCUT2D eigenvalue weighted by molar-refractivity contribution is -0.122. The molecule has 0 unspecified atom stereocenters. The Morgan fingerprint density at radius 2 is 2.15 bits per heavy atom. The van der Waals surface area contributed by atoms with Crippen LogP contribution in [0.15, 0.2) is 23.1 Å². The molecule has 2 aliphatic rings. The quantitative estimate of drug-likeness (QED) is 0.435. The van der Waals surface area contributed by atoms with Crippen LogP contribution in [0.1, 0.15) is 12.5 Å². The van der Waals surface area contributed by atoms with E-state index < -0.39 is 0 Å². The number of carbonyl (C=O) groups excluding carboxylic acids is 2. The maximum atomic E-state index is 12.4. The summed E-state index contributed by atoms with van der Waals surface area (Å²) in [5.74, 6) is -0.419. The first kappa shape index (κ1) is 14.0. The molecule has 0 saturated carbocycles. The molecular weight excluding hydrogens is 407 g/mol. The second kappa shape index (κ2) is 5.12. The van der Waals surface area contributed by atoms with Crippen molar-refractivity contribution in [3.8, 4) is 0 Å². The first-order chi connectivity index (χ1) is 9.52. The third kappa shape index (κ3) is 2.08. The summed E-state index contributed by atoms with van der Waals surface area (Å²) in [6.07, 6.45) is 0. The number of thioether (sulfide) groups is 1. The van der Waals surface area contributed by atoms with Crippen molar-refractivity contribution >= 4 is 74.0 Å². The summed E-state index contributed by atoms with van der Waals surface area (Å²) in [7, 11) is 0. The molecule has 7 heteroatoms. The Morgan fingerprint density at radius 3 is 2.80 bits per heavy atom. The molecule has 0 bridgehead atoms. The van der Waals surface area contributed by atoms with Gasteiger partial charge in [-0.25, -0.2) is 0 Å². The summed E-state index contributed by atoms with van der Waals surface area (Å²) in [6.45, 7) is 2.38. The van der Waals surface area contributed by atoms with Crippen molar-refractivity contribution < 1.29 is 9.59 Å². The molecule has 0 aliphatic carbocycles. The van der Waals surface area contributed by atoms with Gasteiger partial charge < -0.3 is 5.32 Å². The molecular formula is C13H9IN2O2S2. The minimum absolute atomic E-state index is 0.181. The van der Waals surface area contributed by atoms with E-state index in [4.69, 9.17) is 12.2 Å². The van der Waals surface area contributed by atoms with Crippen LogP contribution in [0, 0.1) is 3.57 Å². The number of carbonyl (C=O) groups is 2.